The van der Waals surface area contributed by atoms with Gasteiger partial charge in [0.25, 0.3) is 10.0 Å². The summed E-state index contributed by atoms with van der Waals surface area (Å²) in [6.07, 6.45) is 0.590. The molecule has 8 heteroatoms. The number of ether oxygens (including phenoxy) is 1. The van der Waals surface area contributed by atoms with Crippen molar-refractivity contribution in [1.82, 2.24) is 4.90 Å². The molecule has 25 heavy (non-hydrogen) atoms. The summed E-state index contributed by atoms with van der Waals surface area (Å²) < 4.78 is 32.6. The first-order valence-electron chi connectivity index (χ1n) is 7.41. The Morgan fingerprint density at radius 2 is 1.76 bits per heavy atom. The lowest BCUT2D eigenvalue weighted by atomic mass is 10.2. The molecule has 0 saturated heterocycles. The zero-order chi connectivity index (χ0) is 18.3. The zero-order valence-corrected chi connectivity index (χ0v) is 14.7. The van der Waals surface area contributed by atoms with Crippen molar-refractivity contribution in [2.24, 2.45) is 4.40 Å². The topological polar surface area (TPSA) is 88.1 Å². The fourth-order valence-corrected chi connectivity index (χ4v) is 2.72. The van der Waals surface area contributed by atoms with Gasteiger partial charge in [0, 0.05) is 19.8 Å². The van der Waals surface area contributed by atoms with E-state index in [1.807, 2.05) is 30.3 Å². The fraction of sp³-hybridized carbons (Fsp3) is 0.176. The average molecular weight is 361 g/mol. The molecule has 0 aliphatic heterocycles. The van der Waals surface area contributed by atoms with Gasteiger partial charge in [-0.1, -0.05) is 30.3 Å². The van der Waals surface area contributed by atoms with E-state index >= 15 is 0 Å². The second-order valence-electron chi connectivity index (χ2n) is 5.37. The Morgan fingerprint density at radius 1 is 1.12 bits per heavy atom. The number of nitrogens with one attached hydrogen (secondary N) is 1. The molecule has 0 heterocycles. The van der Waals surface area contributed by atoms with E-state index in [1.165, 1.54) is 35.5 Å². The molecule has 2 aromatic carbocycles. The van der Waals surface area contributed by atoms with Crippen molar-refractivity contribution < 1.29 is 17.9 Å². The lowest BCUT2D eigenvalue weighted by Crippen LogP contribution is -2.13. The third kappa shape index (κ3) is 5.92. The SMILES string of the molecule is CN(C)C=NS(=O)(=O)c1ccc(NC(=O)OCc2ccccc2)cc1. The van der Waals surface area contributed by atoms with Crippen LogP contribution in [0.25, 0.3) is 0 Å². The molecule has 0 spiro atoms. The van der Waals surface area contributed by atoms with Crippen LogP contribution in [-0.4, -0.2) is 39.8 Å². The number of sulfonamides is 1. The molecule has 0 atom stereocenters. The average Bonchev–Trinajstić information content (AvgIpc) is 2.60. The van der Waals surface area contributed by atoms with Gasteiger partial charge in [-0.3, -0.25) is 5.32 Å². The van der Waals surface area contributed by atoms with Crippen LogP contribution in [0.1, 0.15) is 5.56 Å². The number of rotatable bonds is 6. The molecular weight excluding hydrogens is 342 g/mol. The van der Waals surface area contributed by atoms with Crippen LogP contribution in [-0.2, 0) is 21.4 Å². The summed E-state index contributed by atoms with van der Waals surface area (Å²) >= 11 is 0. The molecule has 0 aromatic heterocycles. The van der Waals surface area contributed by atoms with E-state index in [1.54, 1.807) is 14.1 Å². The molecule has 0 aliphatic carbocycles. The Morgan fingerprint density at radius 3 is 2.36 bits per heavy atom. The highest BCUT2D eigenvalue weighted by atomic mass is 32.2. The summed E-state index contributed by atoms with van der Waals surface area (Å²) in [6, 6.07) is 15.0. The standard InChI is InChI=1S/C17H19N3O4S/c1-20(2)13-18-25(22,23)16-10-8-15(9-11-16)19-17(21)24-12-14-6-4-3-5-7-14/h3-11,13H,12H2,1-2H3,(H,19,21). The molecule has 0 bridgehead atoms. The zero-order valence-electron chi connectivity index (χ0n) is 13.9. The van der Waals surface area contributed by atoms with E-state index < -0.39 is 16.1 Å². The highest BCUT2D eigenvalue weighted by molar-refractivity contribution is 7.90. The van der Waals surface area contributed by atoms with Gasteiger partial charge in [0.05, 0.1) is 4.90 Å². The van der Waals surface area contributed by atoms with Crippen molar-refractivity contribution in [3.8, 4) is 0 Å². The maximum absolute atomic E-state index is 12.0. The minimum Gasteiger partial charge on any atom is -0.444 e. The van der Waals surface area contributed by atoms with Gasteiger partial charge in [0.1, 0.15) is 12.9 Å². The molecule has 2 aromatic rings. The molecular formula is C17H19N3O4S. The normalized spacial score (nSPS) is 11.3. The molecule has 0 unspecified atom stereocenters. The van der Waals surface area contributed by atoms with Crippen LogP contribution in [0.3, 0.4) is 0 Å². The summed E-state index contributed by atoms with van der Waals surface area (Å²) in [7, 11) is -0.416. The second kappa shape index (κ2) is 8.29. The number of nitrogens with zero attached hydrogens (tertiary/aromatic N) is 2. The number of anilines is 1. The van der Waals surface area contributed by atoms with Crippen molar-refractivity contribution in [1.29, 1.82) is 0 Å². The van der Waals surface area contributed by atoms with E-state index in [2.05, 4.69) is 9.71 Å². The lowest BCUT2D eigenvalue weighted by Gasteiger charge is -2.08. The van der Waals surface area contributed by atoms with Crippen LogP contribution >= 0.6 is 0 Å². The van der Waals surface area contributed by atoms with Crippen LogP contribution in [0, 0.1) is 0 Å². The van der Waals surface area contributed by atoms with Gasteiger partial charge in [-0.2, -0.15) is 8.42 Å². The van der Waals surface area contributed by atoms with E-state index in [0.717, 1.165) is 5.56 Å². The molecule has 1 N–H and O–H groups in total. The third-order valence-electron chi connectivity index (χ3n) is 3.03. The predicted octanol–water partition coefficient (Wildman–Crippen LogP) is 2.71. The van der Waals surface area contributed by atoms with Gasteiger partial charge in [-0.05, 0) is 29.8 Å². The summed E-state index contributed by atoms with van der Waals surface area (Å²) in [4.78, 5) is 13.3. The fourth-order valence-electron chi connectivity index (χ4n) is 1.80. The van der Waals surface area contributed by atoms with Gasteiger partial charge in [0.15, 0.2) is 0 Å². The summed E-state index contributed by atoms with van der Waals surface area (Å²) in [5.74, 6) is 0. The summed E-state index contributed by atoms with van der Waals surface area (Å²) in [6.45, 7) is 0.151. The van der Waals surface area contributed by atoms with Crippen molar-refractivity contribution in [2.45, 2.75) is 11.5 Å². The quantitative estimate of drug-likeness (QED) is 0.631. The van der Waals surface area contributed by atoms with Gasteiger partial charge in [0.2, 0.25) is 0 Å². The van der Waals surface area contributed by atoms with Crippen molar-refractivity contribution in [3.05, 3.63) is 60.2 Å². The van der Waals surface area contributed by atoms with Crippen molar-refractivity contribution in [2.75, 3.05) is 19.4 Å². The highest BCUT2D eigenvalue weighted by Crippen LogP contribution is 2.16. The van der Waals surface area contributed by atoms with Crippen LogP contribution in [0.15, 0.2) is 63.9 Å². The van der Waals surface area contributed by atoms with E-state index in [0.29, 0.717) is 5.69 Å². The van der Waals surface area contributed by atoms with E-state index in [-0.39, 0.29) is 11.5 Å². The number of amides is 1. The molecule has 2 rings (SSSR count). The minimum absolute atomic E-state index is 0.0359. The first kappa shape index (κ1) is 18.5. The van der Waals surface area contributed by atoms with Gasteiger partial charge in [-0.25, -0.2) is 4.79 Å². The summed E-state index contributed by atoms with van der Waals surface area (Å²) in [5, 5.41) is 2.54. The Kier molecular flexibility index (Phi) is 6.13. The highest BCUT2D eigenvalue weighted by Gasteiger charge is 2.12. The number of carbonyl (C=O) groups is 1. The van der Waals surface area contributed by atoms with Crippen LogP contribution in [0.4, 0.5) is 10.5 Å². The second-order valence-corrected chi connectivity index (χ2v) is 7.00. The van der Waals surface area contributed by atoms with Crippen LogP contribution in [0.5, 0.6) is 0 Å². The number of benzene rings is 2. The molecule has 0 saturated carbocycles. The first-order chi connectivity index (χ1) is 11.9. The Hall–Kier alpha value is -2.87. The number of hydrogen-bond acceptors (Lipinski definition) is 4. The number of carbonyl (C=O) groups excluding carboxylic acids is 1. The predicted molar refractivity (Wildman–Crippen MR) is 96.1 cm³/mol. The molecule has 0 radical (unpaired) electrons. The maximum atomic E-state index is 12.0. The Bertz CT molecular complexity index is 832. The molecule has 0 aliphatic rings. The monoisotopic (exact) mass is 361 g/mol. The third-order valence-corrected chi connectivity index (χ3v) is 4.27. The van der Waals surface area contributed by atoms with Crippen LogP contribution in [0.2, 0.25) is 0 Å². The van der Waals surface area contributed by atoms with E-state index in [4.69, 9.17) is 4.74 Å². The van der Waals surface area contributed by atoms with Crippen LogP contribution < -0.4 is 5.32 Å². The first-order valence-corrected chi connectivity index (χ1v) is 8.85. The van der Waals surface area contributed by atoms with Crippen molar-refractivity contribution >= 4 is 28.1 Å². The van der Waals surface area contributed by atoms with Gasteiger partial charge in [-0.15, -0.1) is 4.40 Å². The molecule has 0 fully saturated rings. The minimum atomic E-state index is -3.76. The molecule has 132 valence electrons. The molecule has 7 nitrogen and oxygen atoms in total. The lowest BCUT2D eigenvalue weighted by molar-refractivity contribution is 0.155. The Balaban J connectivity index is 1.94. The van der Waals surface area contributed by atoms with E-state index in [9.17, 15) is 13.2 Å². The maximum Gasteiger partial charge on any atom is 0.411 e. The smallest absolute Gasteiger partial charge is 0.411 e. The van der Waals surface area contributed by atoms with Gasteiger partial charge < -0.3 is 9.64 Å². The van der Waals surface area contributed by atoms with Crippen molar-refractivity contribution in [3.63, 3.8) is 0 Å². The van der Waals surface area contributed by atoms with Gasteiger partial charge >= 0.3 is 6.09 Å². The molecule has 1 amide bonds. The number of hydrogen-bond donors (Lipinski definition) is 1. The Labute approximate surface area is 147 Å². The largest absolute Gasteiger partial charge is 0.444 e. The summed E-state index contributed by atoms with van der Waals surface area (Å²) in [5.41, 5.74) is 1.30.